The van der Waals surface area contributed by atoms with Crippen LogP contribution in [0.1, 0.15) is 16.7 Å². The van der Waals surface area contributed by atoms with Crippen molar-refractivity contribution in [3.8, 4) is 6.07 Å². The zero-order chi connectivity index (χ0) is 24.2. The molecule has 0 aliphatic carbocycles. The first-order valence-electron chi connectivity index (χ1n) is 10.7. The standard InChI is InChI=1S/C27H22ClN3O2S/c1-17-10-12-21(13-11-17)30-25(32)22(16-29)27-31(23-9-4-3-6-18(23)2)26(33)24(34-27)15-19-7-5-8-20(28)14-19/h3-14,24H,15H2,1-2H3,(H,30,32). The van der Waals surface area contributed by atoms with E-state index in [1.807, 2.05) is 74.5 Å². The lowest BCUT2D eigenvalue weighted by Crippen LogP contribution is -2.31. The number of carbonyl (C=O) groups is 2. The van der Waals surface area contributed by atoms with E-state index >= 15 is 0 Å². The highest BCUT2D eigenvalue weighted by Gasteiger charge is 2.41. The fraction of sp³-hybridized carbons (Fsp3) is 0.148. The largest absolute Gasteiger partial charge is 0.321 e. The van der Waals surface area contributed by atoms with Crippen molar-refractivity contribution in [2.45, 2.75) is 25.5 Å². The molecule has 1 fully saturated rings. The molecular formula is C27H22ClN3O2S. The number of hydrogen-bond acceptors (Lipinski definition) is 4. The highest BCUT2D eigenvalue weighted by molar-refractivity contribution is 8.05. The Balaban J connectivity index is 1.74. The highest BCUT2D eigenvalue weighted by Crippen LogP contribution is 2.43. The van der Waals surface area contributed by atoms with Crippen LogP contribution in [0.25, 0.3) is 0 Å². The smallest absolute Gasteiger partial charge is 0.269 e. The molecular weight excluding hydrogens is 466 g/mol. The van der Waals surface area contributed by atoms with Crippen LogP contribution < -0.4 is 10.2 Å². The third-order valence-corrected chi connectivity index (χ3v) is 6.98. The number of nitrogens with zero attached hydrogens (tertiary/aromatic N) is 2. The molecule has 1 aliphatic heterocycles. The predicted octanol–water partition coefficient (Wildman–Crippen LogP) is 6.02. The number of halogens is 1. The summed E-state index contributed by atoms with van der Waals surface area (Å²) in [6.07, 6.45) is 0.425. The number of para-hydroxylation sites is 1. The normalized spacial score (nSPS) is 16.8. The van der Waals surface area contributed by atoms with Crippen molar-refractivity contribution in [2.75, 3.05) is 10.2 Å². The van der Waals surface area contributed by atoms with E-state index in [2.05, 4.69) is 5.32 Å². The van der Waals surface area contributed by atoms with Gasteiger partial charge in [-0.15, -0.1) is 0 Å². The molecule has 2 amide bonds. The summed E-state index contributed by atoms with van der Waals surface area (Å²) in [4.78, 5) is 28.2. The first-order valence-corrected chi connectivity index (χ1v) is 12.0. The minimum atomic E-state index is -0.552. The molecule has 0 spiro atoms. The second-order valence-electron chi connectivity index (χ2n) is 8.01. The summed E-state index contributed by atoms with van der Waals surface area (Å²) in [6, 6.07) is 24.1. The highest BCUT2D eigenvalue weighted by atomic mass is 35.5. The number of amides is 2. The second kappa shape index (κ2) is 10.2. The maximum absolute atomic E-state index is 13.6. The number of anilines is 2. The van der Waals surface area contributed by atoms with Gasteiger partial charge in [0.2, 0.25) is 5.91 Å². The van der Waals surface area contributed by atoms with Gasteiger partial charge < -0.3 is 5.32 Å². The SMILES string of the molecule is Cc1ccc(NC(=O)C(C#N)=C2SC(Cc3cccc(Cl)c3)C(=O)N2c2ccccc2C)cc1. The van der Waals surface area contributed by atoms with Crippen molar-refractivity contribution in [1.29, 1.82) is 5.26 Å². The molecule has 1 aliphatic rings. The molecule has 1 saturated heterocycles. The van der Waals surface area contributed by atoms with Gasteiger partial charge in [0.1, 0.15) is 16.7 Å². The summed E-state index contributed by atoms with van der Waals surface area (Å²) in [7, 11) is 0. The molecule has 5 nitrogen and oxygen atoms in total. The van der Waals surface area contributed by atoms with Gasteiger partial charge >= 0.3 is 0 Å². The Labute approximate surface area is 208 Å². The molecule has 0 bridgehead atoms. The van der Waals surface area contributed by atoms with Gasteiger partial charge in [-0.05, 0) is 61.7 Å². The topological polar surface area (TPSA) is 73.2 Å². The molecule has 0 radical (unpaired) electrons. The minimum absolute atomic E-state index is 0.101. The lowest BCUT2D eigenvalue weighted by Gasteiger charge is -2.20. The maximum Gasteiger partial charge on any atom is 0.269 e. The Morgan fingerprint density at radius 1 is 1.09 bits per heavy atom. The number of nitriles is 1. The van der Waals surface area contributed by atoms with E-state index in [0.717, 1.165) is 16.7 Å². The molecule has 1 atom stereocenters. The quantitative estimate of drug-likeness (QED) is 0.352. The summed E-state index contributed by atoms with van der Waals surface area (Å²) in [5, 5.41) is 13.2. The van der Waals surface area contributed by atoms with Crippen LogP contribution >= 0.6 is 23.4 Å². The number of rotatable bonds is 5. The van der Waals surface area contributed by atoms with Gasteiger partial charge in [-0.25, -0.2) is 0 Å². The fourth-order valence-electron chi connectivity index (χ4n) is 3.73. The molecule has 3 aromatic carbocycles. The van der Waals surface area contributed by atoms with Crippen molar-refractivity contribution in [3.05, 3.63) is 105 Å². The Morgan fingerprint density at radius 2 is 1.82 bits per heavy atom. The Morgan fingerprint density at radius 3 is 2.50 bits per heavy atom. The fourth-order valence-corrected chi connectivity index (χ4v) is 5.24. The summed E-state index contributed by atoms with van der Waals surface area (Å²) in [5.41, 5.74) is 3.97. The number of hydrogen-bond donors (Lipinski definition) is 1. The van der Waals surface area contributed by atoms with Crippen LogP contribution in [0.2, 0.25) is 5.02 Å². The lowest BCUT2D eigenvalue weighted by molar-refractivity contribution is -0.117. The Hall–Kier alpha value is -3.53. The predicted molar refractivity (Wildman–Crippen MR) is 138 cm³/mol. The number of nitrogens with one attached hydrogen (secondary N) is 1. The van der Waals surface area contributed by atoms with E-state index in [1.54, 1.807) is 18.2 Å². The third kappa shape index (κ3) is 5.01. The van der Waals surface area contributed by atoms with Crippen LogP contribution in [-0.4, -0.2) is 17.1 Å². The third-order valence-electron chi connectivity index (χ3n) is 5.48. The van der Waals surface area contributed by atoms with Gasteiger partial charge in [-0.1, -0.05) is 71.4 Å². The van der Waals surface area contributed by atoms with E-state index in [-0.39, 0.29) is 11.5 Å². The van der Waals surface area contributed by atoms with E-state index in [4.69, 9.17) is 11.6 Å². The van der Waals surface area contributed by atoms with Gasteiger partial charge in [-0.2, -0.15) is 5.26 Å². The second-order valence-corrected chi connectivity index (χ2v) is 9.64. The number of thioether (sulfide) groups is 1. The zero-order valence-corrected chi connectivity index (χ0v) is 20.3. The summed E-state index contributed by atoms with van der Waals surface area (Å²) in [6.45, 7) is 3.85. The van der Waals surface area contributed by atoms with Crippen LogP contribution in [0.3, 0.4) is 0 Å². The summed E-state index contributed by atoms with van der Waals surface area (Å²) < 4.78 is 0. The van der Waals surface area contributed by atoms with Crippen LogP contribution in [0, 0.1) is 25.2 Å². The van der Waals surface area contributed by atoms with E-state index in [0.29, 0.717) is 27.8 Å². The first kappa shape index (κ1) is 23.6. The van der Waals surface area contributed by atoms with Crippen molar-refractivity contribution in [2.24, 2.45) is 0 Å². The number of aryl methyl sites for hydroxylation is 2. The van der Waals surface area contributed by atoms with Crippen LogP contribution in [0.5, 0.6) is 0 Å². The molecule has 170 valence electrons. The number of benzene rings is 3. The average Bonchev–Trinajstić information content (AvgIpc) is 3.11. The maximum atomic E-state index is 13.6. The van der Waals surface area contributed by atoms with Crippen LogP contribution in [0.4, 0.5) is 11.4 Å². The molecule has 3 aromatic rings. The van der Waals surface area contributed by atoms with E-state index < -0.39 is 11.2 Å². The number of carbonyl (C=O) groups excluding carboxylic acids is 2. The lowest BCUT2D eigenvalue weighted by atomic mass is 10.1. The molecule has 0 aromatic heterocycles. The van der Waals surface area contributed by atoms with Gasteiger partial charge in [0.15, 0.2) is 0 Å². The molecule has 0 saturated carbocycles. The molecule has 34 heavy (non-hydrogen) atoms. The summed E-state index contributed by atoms with van der Waals surface area (Å²) in [5.74, 6) is -0.728. The molecule has 1 unspecified atom stereocenters. The summed E-state index contributed by atoms with van der Waals surface area (Å²) >= 11 is 7.37. The molecule has 1 heterocycles. The van der Waals surface area contributed by atoms with Gasteiger partial charge in [0.05, 0.1) is 10.9 Å². The van der Waals surface area contributed by atoms with Crippen molar-refractivity contribution in [1.82, 2.24) is 0 Å². The average molecular weight is 488 g/mol. The van der Waals surface area contributed by atoms with Gasteiger partial charge in [-0.3, -0.25) is 14.5 Å². The Kier molecular flexibility index (Phi) is 7.06. The Bertz CT molecular complexity index is 1330. The van der Waals surface area contributed by atoms with Gasteiger partial charge in [0, 0.05) is 10.7 Å². The minimum Gasteiger partial charge on any atom is -0.321 e. The van der Waals surface area contributed by atoms with Crippen molar-refractivity contribution < 1.29 is 9.59 Å². The van der Waals surface area contributed by atoms with Crippen LogP contribution in [-0.2, 0) is 16.0 Å². The monoisotopic (exact) mass is 487 g/mol. The van der Waals surface area contributed by atoms with E-state index in [9.17, 15) is 14.9 Å². The van der Waals surface area contributed by atoms with E-state index in [1.165, 1.54) is 16.7 Å². The van der Waals surface area contributed by atoms with Gasteiger partial charge in [0.25, 0.3) is 5.91 Å². The van der Waals surface area contributed by atoms with Crippen LogP contribution in [0.15, 0.2) is 83.4 Å². The zero-order valence-electron chi connectivity index (χ0n) is 18.7. The van der Waals surface area contributed by atoms with Crippen molar-refractivity contribution >= 4 is 46.6 Å². The molecule has 1 N–H and O–H groups in total. The van der Waals surface area contributed by atoms with Crippen molar-refractivity contribution in [3.63, 3.8) is 0 Å². The molecule has 7 heteroatoms. The molecule has 4 rings (SSSR count). The first-order chi connectivity index (χ1) is 16.4.